The number of nitrogens with zero attached hydrogens (tertiary/aromatic N) is 2. The molecule has 2 amide bonds. The lowest BCUT2D eigenvalue weighted by molar-refractivity contribution is -0.144. The zero-order valence-corrected chi connectivity index (χ0v) is 16.9. The second kappa shape index (κ2) is 8.10. The molecule has 0 aliphatic carbocycles. The minimum absolute atomic E-state index is 0.00291. The highest BCUT2D eigenvalue weighted by atomic mass is 79.9. The molecule has 29 heavy (non-hydrogen) atoms. The van der Waals surface area contributed by atoms with E-state index in [-0.39, 0.29) is 30.7 Å². The highest BCUT2D eigenvalue weighted by Gasteiger charge is 2.41. The lowest BCUT2D eigenvalue weighted by Crippen LogP contribution is -2.59. The maximum absolute atomic E-state index is 13.7. The van der Waals surface area contributed by atoms with Crippen LogP contribution < -0.4 is 10.1 Å². The first-order chi connectivity index (χ1) is 13.9. The molecule has 2 atom stereocenters. The molecule has 2 aliphatic rings. The van der Waals surface area contributed by atoms with Crippen LogP contribution in [0.15, 0.2) is 46.9 Å². The van der Waals surface area contributed by atoms with Crippen molar-refractivity contribution in [1.82, 2.24) is 9.80 Å². The molecule has 2 heterocycles. The summed E-state index contributed by atoms with van der Waals surface area (Å²) in [6.07, 6.45) is -0.974. The molecule has 2 aliphatic heterocycles. The zero-order valence-electron chi connectivity index (χ0n) is 15.3. The summed E-state index contributed by atoms with van der Waals surface area (Å²) in [4.78, 5) is 28.5. The van der Waals surface area contributed by atoms with Crippen LogP contribution in [-0.2, 0) is 9.59 Å². The van der Waals surface area contributed by atoms with Gasteiger partial charge in [-0.1, -0.05) is 28.1 Å². The number of ether oxygens (including phenoxy) is 1. The topological polar surface area (TPSA) is 82.1 Å². The number of aliphatic hydroxyl groups is 1. The first-order valence-electron chi connectivity index (χ1n) is 9.13. The van der Waals surface area contributed by atoms with Gasteiger partial charge in [0, 0.05) is 35.4 Å². The van der Waals surface area contributed by atoms with E-state index < -0.39 is 18.1 Å². The SMILES string of the molecule is O=C1Nc2ccc(Br)cc2C(O)N2CCN(C(=O)COc3ccccc3F)CC12. The number of hydrogen-bond acceptors (Lipinski definition) is 5. The molecule has 7 nitrogen and oxygen atoms in total. The van der Waals surface area contributed by atoms with Gasteiger partial charge in [-0.15, -0.1) is 0 Å². The van der Waals surface area contributed by atoms with Crippen LogP contribution in [-0.4, -0.2) is 59.0 Å². The Kier molecular flexibility index (Phi) is 5.53. The van der Waals surface area contributed by atoms with Gasteiger partial charge in [0.25, 0.3) is 5.91 Å². The number of benzene rings is 2. The molecule has 0 spiro atoms. The molecule has 2 aromatic rings. The number of piperazine rings is 1. The average molecular weight is 464 g/mol. The van der Waals surface area contributed by atoms with Crippen molar-refractivity contribution in [3.63, 3.8) is 0 Å². The Morgan fingerprint density at radius 2 is 2.07 bits per heavy atom. The maximum Gasteiger partial charge on any atom is 0.260 e. The van der Waals surface area contributed by atoms with Crippen molar-refractivity contribution in [1.29, 1.82) is 0 Å². The third-order valence-electron chi connectivity index (χ3n) is 5.13. The predicted molar refractivity (Wildman–Crippen MR) is 107 cm³/mol. The summed E-state index contributed by atoms with van der Waals surface area (Å²) >= 11 is 3.38. The van der Waals surface area contributed by atoms with Gasteiger partial charge in [0.05, 0.1) is 0 Å². The lowest BCUT2D eigenvalue weighted by atomic mass is 10.1. The molecule has 0 aromatic heterocycles. The summed E-state index contributed by atoms with van der Waals surface area (Å²) in [5.41, 5.74) is 1.14. The molecule has 2 N–H and O–H groups in total. The van der Waals surface area contributed by atoms with Gasteiger partial charge in [-0.2, -0.15) is 0 Å². The van der Waals surface area contributed by atoms with Crippen molar-refractivity contribution in [2.75, 3.05) is 31.6 Å². The molecule has 152 valence electrons. The number of rotatable bonds is 3. The van der Waals surface area contributed by atoms with E-state index in [4.69, 9.17) is 4.74 Å². The molecular formula is C20H19BrFN3O4. The van der Waals surface area contributed by atoms with Gasteiger partial charge < -0.3 is 20.1 Å². The van der Waals surface area contributed by atoms with Crippen LogP contribution >= 0.6 is 15.9 Å². The molecule has 0 radical (unpaired) electrons. The largest absolute Gasteiger partial charge is 0.481 e. The van der Waals surface area contributed by atoms with Gasteiger partial charge in [0.1, 0.15) is 12.3 Å². The molecule has 1 saturated heterocycles. The van der Waals surface area contributed by atoms with Crippen LogP contribution in [0, 0.1) is 5.82 Å². The molecular weight excluding hydrogens is 445 g/mol. The predicted octanol–water partition coefficient (Wildman–Crippen LogP) is 2.12. The maximum atomic E-state index is 13.7. The Morgan fingerprint density at radius 3 is 2.86 bits per heavy atom. The summed E-state index contributed by atoms with van der Waals surface area (Å²) in [7, 11) is 0. The van der Waals surface area contributed by atoms with Crippen molar-refractivity contribution in [3.8, 4) is 5.75 Å². The lowest BCUT2D eigenvalue weighted by Gasteiger charge is -2.41. The van der Waals surface area contributed by atoms with Gasteiger partial charge in [-0.25, -0.2) is 4.39 Å². The highest BCUT2D eigenvalue weighted by Crippen LogP contribution is 2.34. The van der Waals surface area contributed by atoms with Crippen molar-refractivity contribution in [2.24, 2.45) is 0 Å². The number of amides is 2. The number of fused-ring (bicyclic) bond motifs is 2. The Hall–Kier alpha value is -2.49. The van der Waals surface area contributed by atoms with Gasteiger partial charge in [-0.3, -0.25) is 14.5 Å². The standard InChI is InChI=1S/C20H19BrFN3O4/c21-12-5-6-15-13(9-12)20(28)25-8-7-24(10-16(25)19(27)23-15)18(26)11-29-17-4-2-1-3-14(17)22/h1-6,9,16,20,28H,7-8,10-11H2,(H,23,27). The van der Waals surface area contributed by atoms with E-state index in [9.17, 15) is 19.1 Å². The van der Waals surface area contributed by atoms with Crippen molar-refractivity contribution in [3.05, 3.63) is 58.3 Å². The number of hydrogen-bond donors (Lipinski definition) is 2. The number of carbonyl (C=O) groups excluding carboxylic acids is 2. The van der Waals surface area contributed by atoms with Crippen molar-refractivity contribution < 1.29 is 23.8 Å². The minimum atomic E-state index is -0.974. The molecule has 9 heteroatoms. The number of aliphatic hydroxyl groups excluding tert-OH is 1. The zero-order chi connectivity index (χ0) is 20.5. The van der Waals surface area contributed by atoms with E-state index in [1.165, 1.54) is 23.1 Å². The first kappa shape index (κ1) is 19.8. The van der Waals surface area contributed by atoms with Crippen molar-refractivity contribution >= 4 is 33.4 Å². The second-order valence-corrected chi connectivity index (χ2v) is 7.82. The van der Waals surface area contributed by atoms with Crippen LogP contribution in [0.2, 0.25) is 0 Å². The van der Waals surface area contributed by atoms with E-state index in [0.29, 0.717) is 24.3 Å². The molecule has 0 saturated carbocycles. The van der Waals surface area contributed by atoms with Crippen LogP contribution in [0.1, 0.15) is 11.8 Å². The molecule has 2 unspecified atom stereocenters. The van der Waals surface area contributed by atoms with E-state index in [0.717, 1.165) is 4.47 Å². The summed E-state index contributed by atoms with van der Waals surface area (Å²) in [5, 5.41) is 13.7. The quantitative estimate of drug-likeness (QED) is 0.728. The summed E-state index contributed by atoms with van der Waals surface area (Å²) < 4.78 is 19.7. The Balaban J connectivity index is 1.46. The third kappa shape index (κ3) is 3.98. The van der Waals surface area contributed by atoms with Gasteiger partial charge in [-0.05, 0) is 30.3 Å². The highest BCUT2D eigenvalue weighted by molar-refractivity contribution is 9.10. The number of carbonyl (C=O) groups is 2. The van der Waals surface area contributed by atoms with Gasteiger partial charge in [0.2, 0.25) is 5.91 Å². The number of anilines is 1. The third-order valence-corrected chi connectivity index (χ3v) is 5.62. The fraction of sp³-hybridized carbons (Fsp3) is 0.300. The second-order valence-electron chi connectivity index (χ2n) is 6.91. The summed E-state index contributed by atoms with van der Waals surface area (Å²) in [6.45, 7) is 0.419. The van der Waals surface area contributed by atoms with E-state index >= 15 is 0 Å². The average Bonchev–Trinajstić information content (AvgIpc) is 2.82. The van der Waals surface area contributed by atoms with Crippen LogP contribution in [0.25, 0.3) is 0 Å². The Bertz CT molecular complexity index is 957. The van der Waals surface area contributed by atoms with Crippen LogP contribution in [0.4, 0.5) is 10.1 Å². The number of halogens is 2. The Morgan fingerprint density at radius 1 is 1.28 bits per heavy atom. The normalized spacial score (nSPS) is 21.6. The fourth-order valence-electron chi connectivity index (χ4n) is 3.60. The Labute approximate surface area is 175 Å². The number of nitrogens with one attached hydrogen (secondary N) is 1. The molecule has 1 fully saturated rings. The van der Waals surface area contributed by atoms with Crippen LogP contribution in [0.5, 0.6) is 5.75 Å². The molecule has 4 rings (SSSR count). The smallest absolute Gasteiger partial charge is 0.260 e. The molecule has 2 aromatic carbocycles. The first-order valence-corrected chi connectivity index (χ1v) is 9.92. The van der Waals surface area contributed by atoms with E-state index in [1.54, 1.807) is 29.2 Å². The molecule has 0 bridgehead atoms. The van der Waals surface area contributed by atoms with E-state index in [1.807, 2.05) is 0 Å². The monoisotopic (exact) mass is 463 g/mol. The fourth-order valence-corrected chi connectivity index (χ4v) is 3.98. The van der Waals surface area contributed by atoms with E-state index in [2.05, 4.69) is 21.2 Å². The number of para-hydroxylation sites is 1. The van der Waals surface area contributed by atoms with Crippen molar-refractivity contribution in [2.45, 2.75) is 12.3 Å². The van der Waals surface area contributed by atoms with Gasteiger partial charge in [0.15, 0.2) is 18.2 Å². The van der Waals surface area contributed by atoms with Gasteiger partial charge >= 0.3 is 0 Å². The summed E-state index contributed by atoms with van der Waals surface area (Å²) in [6, 6.07) is 10.4. The van der Waals surface area contributed by atoms with Crippen LogP contribution in [0.3, 0.4) is 0 Å². The summed E-state index contributed by atoms with van der Waals surface area (Å²) in [5.74, 6) is -1.18. The minimum Gasteiger partial charge on any atom is -0.481 e.